The standard InChI is InChI=1S/C29H46N6O7/c1-6-13-35(42)23-10-8-9-21(15-23)28(40)34-27(20(5)18-36)29(41)32-17-26(39)33-22(14-19(3)4)11-12-24(37)31-16-25(38)30-7-2/h8-10,15,19-20,22,27,36H,6-7,11-14,16-18H2,1-5H3,(H4-,30,31,32,33,34,37,38,39,40,41)/p+1/t20-,22?,27?/m0/s1. The zero-order valence-electron chi connectivity index (χ0n) is 25.3. The summed E-state index contributed by atoms with van der Waals surface area (Å²) in [5.74, 6) is -2.77. The molecule has 0 bridgehead atoms. The third-order valence-corrected chi connectivity index (χ3v) is 6.33. The van der Waals surface area contributed by atoms with Gasteiger partial charge < -0.3 is 31.7 Å². The van der Waals surface area contributed by atoms with Gasteiger partial charge in [0.2, 0.25) is 23.6 Å². The van der Waals surface area contributed by atoms with Crippen LogP contribution in [0.1, 0.15) is 70.7 Å². The Morgan fingerprint density at radius 2 is 1.60 bits per heavy atom. The molecule has 0 radical (unpaired) electrons. The maximum Gasteiger partial charge on any atom is 0.256 e. The number of hydrogen-bond donors (Lipinski definition) is 6. The van der Waals surface area contributed by atoms with E-state index in [0.29, 0.717) is 31.5 Å². The average Bonchev–Trinajstić information content (AvgIpc) is 2.95. The van der Waals surface area contributed by atoms with E-state index in [2.05, 4.69) is 26.6 Å². The van der Waals surface area contributed by atoms with Gasteiger partial charge in [0.15, 0.2) is 6.54 Å². The highest BCUT2D eigenvalue weighted by molar-refractivity contribution is 5.98. The summed E-state index contributed by atoms with van der Waals surface area (Å²) in [6, 6.07) is 4.62. The maximum atomic E-state index is 13.0. The Balaban J connectivity index is 2.75. The molecule has 1 aromatic rings. The maximum absolute atomic E-state index is 13.0. The molecule has 2 unspecified atom stereocenters. The Hall–Kier alpha value is -3.87. The monoisotopic (exact) mass is 591 g/mol. The van der Waals surface area contributed by atoms with Crippen molar-refractivity contribution in [3.8, 4) is 0 Å². The summed E-state index contributed by atoms with van der Waals surface area (Å²) in [7, 11) is 0. The lowest BCUT2D eigenvalue weighted by molar-refractivity contribution is -0.463. The number of aliphatic hydroxyl groups is 1. The quantitative estimate of drug-likeness (QED) is 0.129. The van der Waals surface area contributed by atoms with Gasteiger partial charge in [-0.25, -0.2) is 0 Å². The first-order valence-electron chi connectivity index (χ1n) is 14.5. The molecule has 6 N–H and O–H groups in total. The number of hydrogen-bond acceptors (Lipinski definition) is 7. The first-order chi connectivity index (χ1) is 19.9. The number of nitroso groups, excluding NO2 is 1. The molecular formula is C29H47N6O7+. The zero-order valence-corrected chi connectivity index (χ0v) is 25.3. The molecule has 234 valence electrons. The normalized spacial score (nSPS) is 12.9. The van der Waals surface area contributed by atoms with Crippen LogP contribution in [-0.4, -0.2) is 84.3 Å². The van der Waals surface area contributed by atoms with E-state index in [1.54, 1.807) is 26.0 Å². The lowest BCUT2D eigenvalue weighted by Crippen LogP contribution is -2.53. The van der Waals surface area contributed by atoms with Gasteiger partial charge in [-0.3, -0.25) is 24.0 Å². The van der Waals surface area contributed by atoms with Crippen molar-refractivity contribution in [3.05, 3.63) is 34.7 Å². The largest absolute Gasteiger partial charge is 0.396 e. The van der Waals surface area contributed by atoms with E-state index >= 15 is 0 Å². The van der Waals surface area contributed by atoms with Crippen molar-refractivity contribution < 1.29 is 33.8 Å². The highest BCUT2D eigenvalue weighted by atomic mass is 16.3. The van der Waals surface area contributed by atoms with E-state index in [9.17, 15) is 34.0 Å². The summed E-state index contributed by atoms with van der Waals surface area (Å²) in [5, 5.41) is 22.8. The number of nitrogens with one attached hydrogen (secondary N) is 5. The van der Waals surface area contributed by atoms with Crippen molar-refractivity contribution in [2.24, 2.45) is 11.8 Å². The highest BCUT2D eigenvalue weighted by Gasteiger charge is 2.28. The van der Waals surface area contributed by atoms with E-state index in [1.165, 1.54) is 12.1 Å². The van der Waals surface area contributed by atoms with Gasteiger partial charge in [-0.05, 0) is 31.7 Å². The van der Waals surface area contributed by atoms with Gasteiger partial charge >= 0.3 is 0 Å². The molecule has 0 spiro atoms. The van der Waals surface area contributed by atoms with E-state index in [0.717, 1.165) is 4.76 Å². The second-order valence-corrected chi connectivity index (χ2v) is 10.6. The number of rotatable bonds is 19. The second kappa shape index (κ2) is 19.3. The molecular weight excluding hydrogens is 544 g/mol. The van der Waals surface area contributed by atoms with Crippen LogP contribution in [0.15, 0.2) is 24.3 Å². The molecule has 13 heteroatoms. The second-order valence-electron chi connectivity index (χ2n) is 10.6. The number of carbonyl (C=O) groups excluding carboxylic acids is 5. The van der Waals surface area contributed by atoms with Crippen molar-refractivity contribution in [3.63, 3.8) is 0 Å². The fraction of sp³-hybridized carbons (Fsp3) is 0.621. The molecule has 1 rings (SSSR count). The van der Waals surface area contributed by atoms with E-state index in [1.807, 2.05) is 20.8 Å². The molecule has 0 aliphatic carbocycles. The van der Waals surface area contributed by atoms with Crippen LogP contribution in [0.3, 0.4) is 0 Å². The molecule has 0 aliphatic rings. The predicted molar refractivity (Wildman–Crippen MR) is 158 cm³/mol. The topological polar surface area (TPSA) is 186 Å². The van der Waals surface area contributed by atoms with Crippen molar-refractivity contribution >= 4 is 35.2 Å². The summed E-state index contributed by atoms with van der Waals surface area (Å²) in [5.41, 5.74) is 0.490. The van der Waals surface area contributed by atoms with Crippen molar-refractivity contribution in [1.29, 1.82) is 0 Å². The summed E-state index contributed by atoms with van der Waals surface area (Å²) in [6.45, 7) is 9.03. The van der Waals surface area contributed by atoms with Crippen LogP contribution >= 0.6 is 0 Å². The first kappa shape index (κ1) is 36.2. The Morgan fingerprint density at radius 3 is 2.21 bits per heavy atom. The van der Waals surface area contributed by atoms with Crippen LogP contribution in [0.4, 0.5) is 5.69 Å². The van der Waals surface area contributed by atoms with E-state index in [4.69, 9.17) is 0 Å². The molecule has 0 saturated heterocycles. The predicted octanol–water partition coefficient (Wildman–Crippen LogP) is 0.913. The van der Waals surface area contributed by atoms with E-state index in [-0.39, 0.29) is 55.4 Å². The smallest absolute Gasteiger partial charge is 0.256 e. The number of likely N-dealkylation sites (N-methyl/N-ethyl adjacent to an activating group) is 1. The summed E-state index contributed by atoms with van der Waals surface area (Å²) in [4.78, 5) is 74.4. The van der Waals surface area contributed by atoms with Crippen LogP contribution in [0.25, 0.3) is 0 Å². The van der Waals surface area contributed by atoms with Gasteiger partial charge in [0, 0.05) is 65.3 Å². The Morgan fingerprint density at radius 1 is 0.905 bits per heavy atom. The fourth-order valence-corrected chi connectivity index (χ4v) is 4.14. The molecule has 0 fully saturated rings. The van der Waals surface area contributed by atoms with E-state index < -0.39 is 36.3 Å². The zero-order chi connectivity index (χ0) is 31.7. The summed E-state index contributed by atoms with van der Waals surface area (Å²) < 4.78 is 0.779. The summed E-state index contributed by atoms with van der Waals surface area (Å²) in [6.07, 6.45) is 1.69. The molecule has 5 amide bonds. The van der Waals surface area contributed by atoms with Crippen LogP contribution in [-0.2, 0) is 19.2 Å². The number of nitrogens with zero attached hydrogens (tertiary/aromatic N) is 1. The lowest BCUT2D eigenvalue weighted by Gasteiger charge is -2.24. The van der Waals surface area contributed by atoms with Gasteiger partial charge in [-0.15, -0.1) is 0 Å². The Labute approximate surface area is 247 Å². The molecule has 0 aromatic heterocycles. The van der Waals surface area contributed by atoms with Crippen molar-refractivity contribution in [2.45, 2.75) is 72.4 Å². The van der Waals surface area contributed by atoms with Gasteiger partial charge in [0.05, 0.1) is 13.1 Å². The Kier molecular flexibility index (Phi) is 16.6. The number of carbonyl (C=O) groups is 5. The van der Waals surface area contributed by atoms with Crippen LogP contribution < -0.4 is 26.6 Å². The third-order valence-electron chi connectivity index (χ3n) is 6.33. The minimum absolute atomic E-state index is 0.106. The molecule has 0 saturated carbocycles. The third kappa shape index (κ3) is 13.7. The van der Waals surface area contributed by atoms with Crippen molar-refractivity contribution in [1.82, 2.24) is 26.6 Å². The Bertz CT molecular complexity index is 1080. The van der Waals surface area contributed by atoms with Crippen LogP contribution in [0.2, 0.25) is 0 Å². The SMILES string of the molecule is CCC[N+](=O)c1cccc(C(=O)NC(C(=O)NCC(=O)NC(CCC(=O)NCC(=O)NCC)CC(C)C)[C@@H](C)CO)c1. The minimum atomic E-state index is -1.14. The molecule has 13 nitrogen and oxygen atoms in total. The number of aliphatic hydroxyl groups excluding tert-OH is 1. The first-order valence-corrected chi connectivity index (χ1v) is 14.5. The molecule has 42 heavy (non-hydrogen) atoms. The fourth-order valence-electron chi connectivity index (χ4n) is 4.14. The lowest BCUT2D eigenvalue weighted by atomic mass is 9.99. The highest BCUT2D eigenvalue weighted by Crippen LogP contribution is 2.15. The number of amides is 5. The van der Waals surface area contributed by atoms with Gasteiger partial charge in [-0.1, -0.05) is 33.8 Å². The van der Waals surface area contributed by atoms with Gasteiger partial charge in [0.1, 0.15) is 6.04 Å². The molecule has 3 atom stereocenters. The molecule has 1 aromatic carbocycles. The molecule has 0 heterocycles. The number of benzene rings is 1. The summed E-state index contributed by atoms with van der Waals surface area (Å²) >= 11 is 0. The van der Waals surface area contributed by atoms with Gasteiger partial charge in [-0.2, -0.15) is 0 Å². The molecule has 0 aliphatic heterocycles. The van der Waals surface area contributed by atoms with Gasteiger partial charge in [0.25, 0.3) is 11.6 Å². The van der Waals surface area contributed by atoms with Crippen LogP contribution in [0.5, 0.6) is 0 Å². The van der Waals surface area contributed by atoms with Crippen molar-refractivity contribution in [2.75, 3.05) is 32.8 Å². The average molecular weight is 592 g/mol. The van der Waals surface area contributed by atoms with Crippen LogP contribution in [0, 0.1) is 16.7 Å². The minimum Gasteiger partial charge on any atom is -0.396 e.